The Morgan fingerprint density at radius 2 is 2.05 bits per heavy atom. The van der Waals surface area contributed by atoms with E-state index in [9.17, 15) is 4.79 Å². The average Bonchev–Trinajstić information content (AvgIpc) is 2.98. The minimum atomic E-state index is 0.194. The van der Waals surface area contributed by atoms with Crippen LogP contribution in [-0.2, 0) is 0 Å². The number of likely N-dealkylation sites (tertiary alicyclic amines) is 1. The number of H-pyrrole nitrogens is 1. The molecular weight excluding hydrogens is 272 g/mol. The van der Waals surface area contributed by atoms with Crippen LogP contribution in [0.5, 0.6) is 0 Å². The lowest BCUT2D eigenvalue weighted by molar-refractivity contribution is 0.0710. The zero-order valence-corrected chi connectivity index (χ0v) is 13.6. The van der Waals surface area contributed by atoms with E-state index in [0.29, 0.717) is 11.5 Å². The minimum absolute atomic E-state index is 0.194. The number of hydrogen-bond donors (Lipinski definition) is 1. The molecule has 2 fully saturated rings. The van der Waals surface area contributed by atoms with Crippen molar-refractivity contribution < 1.29 is 4.79 Å². The first-order valence-corrected chi connectivity index (χ1v) is 8.24. The summed E-state index contributed by atoms with van der Waals surface area (Å²) in [4.78, 5) is 18.5. The maximum Gasteiger partial charge on any atom is 0.256 e. The fraction of sp³-hybridized carbons (Fsp3) is 0.526. The number of rotatable bonds is 1. The maximum atomic E-state index is 13.2. The number of aromatic nitrogens is 1. The van der Waals surface area contributed by atoms with Gasteiger partial charge in [-0.05, 0) is 42.2 Å². The predicted molar refractivity (Wildman–Crippen MR) is 88.9 cm³/mol. The zero-order chi connectivity index (χ0) is 15.5. The van der Waals surface area contributed by atoms with Gasteiger partial charge < -0.3 is 9.88 Å². The summed E-state index contributed by atoms with van der Waals surface area (Å²) in [7, 11) is 0. The second kappa shape index (κ2) is 4.37. The maximum absolute atomic E-state index is 13.2. The lowest BCUT2D eigenvalue weighted by Gasteiger charge is -2.39. The molecule has 2 bridgehead atoms. The van der Waals surface area contributed by atoms with E-state index in [2.05, 4.69) is 36.7 Å². The normalized spacial score (nSPS) is 30.0. The van der Waals surface area contributed by atoms with Gasteiger partial charge in [0.15, 0.2) is 0 Å². The van der Waals surface area contributed by atoms with Crippen LogP contribution in [0.25, 0.3) is 10.9 Å². The fourth-order valence-corrected chi connectivity index (χ4v) is 5.12. The van der Waals surface area contributed by atoms with Crippen LogP contribution in [0.1, 0.15) is 50.4 Å². The van der Waals surface area contributed by atoms with Crippen LogP contribution in [0.15, 0.2) is 30.5 Å². The molecule has 0 unspecified atom stereocenters. The van der Waals surface area contributed by atoms with Crippen LogP contribution in [0.4, 0.5) is 0 Å². The van der Waals surface area contributed by atoms with Crippen LogP contribution >= 0.6 is 0 Å². The lowest BCUT2D eigenvalue weighted by Crippen LogP contribution is -2.37. The summed E-state index contributed by atoms with van der Waals surface area (Å²) >= 11 is 0. The van der Waals surface area contributed by atoms with E-state index in [-0.39, 0.29) is 11.3 Å². The van der Waals surface area contributed by atoms with Crippen molar-refractivity contribution in [2.24, 2.45) is 10.8 Å². The van der Waals surface area contributed by atoms with Gasteiger partial charge in [-0.15, -0.1) is 0 Å². The van der Waals surface area contributed by atoms with Gasteiger partial charge in [-0.25, -0.2) is 0 Å². The van der Waals surface area contributed by atoms with Gasteiger partial charge in [0.05, 0.1) is 11.1 Å². The number of hydrogen-bond acceptors (Lipinski definition) is 1. The quantitative estimate of drug-likeness (QED) is 0.841. The van der Waals surface area contributed by atoms with E-state index >= 15 is 0 Å². The number of amides is 1. The summed E-state index contributed by atoms with van der Waals surface area (Å²) in [5, 5.41) is 1.11. The van der Waals surface area contributed by atoms with Gasteiger partial charge >= 0.3 is 0 Å². The molecular formula is C19H24N2O. The Morgan fingerprint density at radius 3 is 2.86 bits per heavy atom. The molecule has 1 amide bonds. The molecule has 3 heteroatoms. The Kier molecular flexibility index (Phi) is 2.76. The second-order valence-corrected chi connectivity index (χ2v) is 8.39. The third-order valence-corrected chi connectivity index (χ3v) is 5.49. The van der Waals surface area contributed by atoms with Gasteiger partial charge in [0.25, 0.3) is 5.91 Å². The molecule has 22 heavy (non-hydrogen) atoms. The van der Waals surface area contributed by atoms with Gasteiger partial charge in [-0.2, -0.15) is 0 Å². The molecule has 0 radical (unpaired) electrons. The van der Waals surface area contributed by atoms with Crippen molar-refractivity contribution in [3.63, 3.8) is 0 Å². The van der Waals surface area contributed by atoms with Gasteiger partial charge in [0.2, 0.25) is 0 Å². The fourth-order valence-electron chi connectivity index (χ4n) is 5.12. The van der Waals surface area contributed by atoms with Crippen molar-refractivity contribution in [3.8, 4) is 0 Å². The first-order chi connectivity index (χ1) is 10.4. The highest BCUT2D eigenvalue weighted by atomic mass is 16.2. The molecule has 2 atom stereocenters. The third-order valence-electron chi connectivity index (χ3n) is 5.49. The Labute approximate surface area is 131 Å². The number of fused-ring (bicyclic) bond motifs is 3. The summed E-state index contributed by atoms with van der Waals surface area (Å²) in [6.45, 7) is 7.94. The minimum Gasteiger partial charge on any atom is -0.361 e. The first kappa shape index (κ1) is 13.9. The Hall–Kier alpha value is -1.77. The summed E-state index contributed by atoms with van der Waals surface area (Å²) < 4.78 is 0. The van der Waals surface area contributed by atoms with Crippen LogP contribution in [0, 0.1) is 10.8 Å². The van der Waals surface area contributed by atoms with E-state index in [4.69, 9.17) is 0 Å². The number of benzene rings is 1. The predicted octanol–water partition coefficient (Wildman–Crippen LogP) is 4.21. The van der Waals surface area contributed by atoms with E-state index in [1.165, 1.54) is 6.42 Å². The van der Waals surface area contributed by atoms with Crippen LogP contribution in [0.3, 0.4) is 0 Å². The van der Waals surface area contributed by atoms with E-state index in [1.807, 2.05) is 24.4 Å². The zero-order valence-electron chi connectivity index (χ0n) is 13.6. The molecule has 1 aliphatic heterocycles. The number of nitrogens with one attached hydrogen (secondary N) is 1. The standard InChI is InChI=1S/C19H24N2O/c1-18(2)9-14-10-19(3,11-18)12-21(14)17(22)15-6-4-5-13-7-8-20-16(13)15/h4-8,14,20H,9-12H2,1-3H3/t14-,19-/m1/s1. The molecule has 1 N–H and O–H groups in total. The Balaban J connectivity index is 1.71. The van der Waals surface area contributed by atoms with Crippen molar-refractivity contribution in [1.29, 1.82) is 0 Å². The van der Waals surface area contributed by atoms with Crippen LogP contribution < -0.4 is 0 Å². The number of nitrogens with zero attached hydrogens (tertiary/aromatic N) is 1. The highest BCUT2D eigenvalue weighted by Gasteiger charge is 2.51. The average molecular weight is 296 g/mol. The SMILES string of the molecule is CC1(C)C[C@@H]2C[C@@](C)(CN2C(=O)c2cccc3cc[nH]c23)C1. The smallest absolute Gasteiger partial charge is 0.256 e. The van der Waals surface area contributed by atoms with Crippen LogP contribution in [-0.4, -0.2) is 28.4 Å². The summed E-state index contributed by atoms with van der Waals surface area (Å²) in [5.74, 6) is 0.194. The van der Waals surface area contributed by atoms with Gasteiger partial charge in [0, 0.05) is 24.2 Å². The molecule has 3 nitrogen and oxygen atoms in total. The van der Waals surface area contributed by atoms with Crippen molar-refractivity contribution >= 4 is 16.8 Å². The Bertz CT molecular complexity index is 745. The topological polar surface area (TPSA) is 36.1 Å². The van der Waals surface area contributed by atoms with Gasteiger partial charge in [-0.3, -0.25) is 4.79 Å². The van der Waals surface area contributed by atoms with Crippen molar-refractivity contribution in [3.05, 3.63) is 36.0 Å². The van der Waals surface area contributed by atoms with Crippen molar-refractivity contribution in [2.75, 3.05) is 6.54 Å². The molecule has 1 aliphatic carbocycles. The van der Waals surface area contributed by atoms with E-state index < -0.39 is 0 Å². The highest BCUT2D eigenvalue weighted by Crippen LogP contribution is 2.52. The monoisotopic (exact) mass is 296 g/mol. The second-order valence-electron chi connectivity index (χ2n) is 8.39. The summed E-state index contributed by atoms with van der Waals surface area (Å²) in [6, 6.07) is 8.41. The number of carbonyl (C=O) groups excluding carboxylic acids is 1. The molecule has 0 spiro atoms. The highest BCUT2D eigenvalue weighted by molar-refractivity contribution is 6.05. The molecule has 4 rings (SSSR count). The van der Waals surface area contributed by atoms with Crippen LogP contribution in [0.2, 0.25) is 0 Å². The lowest BCUT2D eigenvalue weighted by atomic mass is 9.65. The summed E-state index contributed by atoms with van der Waals surface area (Å²) in [6.07, 6.45) is 5.40. The molecule has 2 aliphatic rings. The molecule has 2 heterocycles. The third kappa shape index (κ3) is 2.06. The number of carbonyl (C=O) groups is 1. The van der Waals surface area contributed by atoms with E-state index in [1.54, 1.807) is 0 Å². The number of aromatic amines is 1. The van der Waals surface area contributed by atoms with E-state index in [0.717, 1.165) is 35.9 Å². The molecule has 1 aromatic heterocycles. The Morgan fingerprint density at radius 1 is 1.23 bits per heavy atom. The van der Waals surface area contributed by atoms with Crippen molar-refractivity contribution in [1.82, 2.24) is 9.88 Å². The molecule has 1 aromatic carbocycles. The summed E-state index contributed by atoms with van der Waals surface area (Å²) in [5.41, 5.74) is 2.41. The molecule has 1 saturated heterocycles. The number of para-hydroxylation sites is 1. The van der Waals surface area contributed by atoms with Gasteiger partial charge in [-0.1, -0.05) is 32.9 Å². The molecule has 1 saturated carbocycles. The largest absolute Gasteiger partial charge is 0.361 e. The molecule has 116 valence electrons. The van der Waals surface area contributed by atoms with Crippen molar-refractivity contribution in [2.45, 2.75) is 46.1 Å². The molecule has 2 aromatic rings. The first-order valence-electron chi connectivity index (χ1n) is 8.24. The van der Waals surface area contributed by atoms with Gasteiger partial charge in [0.1, 0.15) is 0 Å².